The summed E-state index contributed by atoms with van der Waals surface area (Å²) < 4.78 is 222. The first-order valence-electron chi connectivity index (χ1n) is 31.2. The quantitative estimate of drug-likeness (QED) is 0.167. The number of hydrogen-bond acceptors (Lipinski definition) is 4. The third-order valence-corrected chi connectivity index (χ3v) is 11.8. The van der Waals surface area contributed by atoms with Gasteiger partial charge in [0.15, 0.2) is 5.82 Å². The van der Waals surface area contributed by atoms with Crippen molar-refractivity contribution in [3.8, 4) is 56.7 Å². The van der Waals surface area contributed by atoms with Crippen LogP contribution in [0.1, 0.15) is 32.9 Å². The number of nitrogens with zero attached hydrogens (tertiary/aromatic N) is 5. The van der Waals surface area contributed by atoms with Crippen molar-refractivity contribution >= 4 is 75.1 Å². The lowest BCUT2D eigenvalue weighted by Crippen LogP contribution is -2.10. The van der Waals surface area contributed by atoms with E-state index in [-0.39, 0.29) is 11.4 Å². The number of hydrogen-bond donors (Lipinski definition) is 0. The average Bonchev–Trinajstić information content (AvgIpc) is 1.57. The van der Waals surface area contributed by atoms with Crippen molar-refractivity contribution in [1.29, 1.82) is 0 Å². The van der Waals surface area contributed by atoms with E-state index in [0.717, 1.165) is 29.3 Å². The van der Waals surface area contributed by atoms with Gasteiger partial charge < -0.3 is 0 Å². The maximum absolute atomic E-state index is 10.1. The summed E-state index contributed by atoms with van der Waals surface area (Å²) in [5.41, 5.74) is -3.53. The van der Waals surface area contributed by atoms with Crippen molar-refractivity contribution in [2.75, 3.05) is 0 Å². The minimum Gasteiger partial charge on any atom is -0.278 e. The van der Waals surface area contributed by atoms with Crippen molar-refractivity contribution in [2.24, 2.45) is 0 Å². The first kappa shape index (κ1) is 19.2. The van der Waals surface area contributed by atoms with Crippen LogP contribution in [0.25, 0.3) is 120 Å². The predicted octanol–water partition coefficient (Wildman–Crippen LogP) is 15.1. The molecule has 13 rings (SSSR count). The SMILES string of the molecule is [2H]c1c([2H])c([2H])c(-c2c([2H])c([2H])c3c4c([2H])c([2H])c([2H])c([2H])c4n(-c4nc(-c5ccccc5-c5cccc6sc7ccccc7c56)nc(-n5c6c([2H])c([2H])c([2H])c([2H])c6c6c([2H])c([2H])c(-c7c([2H])c([2H])c([2H])c([2H])c7[2H])c([2H])c65)n4)c3c2[2H])c([2H])c1[2H]. The van der Waals surface area contributed by atoms with Gasteiger partial charge >= 0.3 is 0 Å². The van der Waals surface area contributed by atoms with E-state index in [2.05, 4.69) is 0 Å². The predicted molar refractivity (Wildman–Crippen MR) is 263 cm³/mol. The van der Waals surface area contributed by atoms with Crippen LogP contribution < -0.4 is 0 Å². The third-order valence-electron chi connectivity index (χ3n) is 10.7. The van der Waals surface area contributed by atoms with E-state index < -0.39 is 223 Å². The molecular weight excluding hydrogens is 787 g/mol. The third kappa shape index (κ3) is 5.66. The smallest absolute Gasteiger partial charge is 0.240 e. The van der Waals surface area contributed by atoms with Crippen molar-refractivity contribution < 1.29 is 32.9 Å². The highest BCUT2D eigenvalue weighted by Gasteiger charge is 2.23. The molecule has 4 aromatic heterocycles. The Morgan fingerprint density at radius 1 is 0.365 bits per heavy atom. The molecule has 4 heterocycles. The molecule has 0 bridgehead atoms. The molecule has 0 unspecified atom stereocenters. The van der Waals surface area contributed by atoms with Crippen LogP contribution in [0.3, 0.4) is 0 Å². The molecule has 13 aromatic rings. The molecule has 0 amide bonds. The lowest BCUT2D eigenvalue weighted by atomic mass is 9.95. The molecule has 0 aliphatic carbocycles. The fraction of sp³-hybridized carbons (Fsp3) is 0. The summed E-state index contributed by atoms with van der Waals surface area (Å²) in [4.78, 5) is 15.0. The van der Waals surface area contributed by atoms with Gasteiger partial charge in [-0.3, -0.25) is 9.13 Å². The molecule has 6 heteroatoms. The number of para-hydroxylation sites is 2. The van der Waals surface area contributed by atoms with Crippen LogP contribution in [0.5, 0.6) is 0 Å². The summed E-state index contributed by atoms with van der Waals surface area (Å²) in [7, 11) is 0. The summed E-state index contributed by atoms with van der Waals surface area (Å²) in [6, 6.07) is 0.147. The average molecular weight is 846 g/mol. The van der Waals surface area contributed by atoms with Crippen LogP contribution in [-0.2, 0) is 0 Å². The molecular formula is C57H35N5S. The molecule has 0 atom stereocenters. The highest BCUT2D eigenvalue weighted by molar-refractivity contribution is 7.25. The monoisotopic (exact) mass is 845 g/mol. The minimum atomic E-state index is -0.865. The van der Waals surface area contributed by atoms with Gasteiger partial charge in [-0.15, -0.1) is 11.3 Å². The minimum absolute atomic E-state index is 0.205. The van der Waals surface area contributed by atoms with E-state index in [9.17, 15) is 13.7 Å². The molecule has 0 saturated heterocycles. The fourth-order valence-corrected chi connectivity index (χ4v) is 9.14. The van der Waals surface area contributed by atoms with Crippen LogP contribution >= 0.6 is 11.3 Å². The fourth-order valence-electron chi connectivity index (χ4n) is 8.01. The summed E-state index contributed by atoms with van der Waals surface area (Å²) in [6.45, 7) is 0. The van der Waals surface area contributed by atoms with Crippen LogP contribution in [0.15, 0.2) is 212 Å². The second-order valence-electron chi connectivity index (χ2n) is 14.1. The van der Waals surface area contributed by atoms with E-state index >= 15 is 0 Å². The highest BCUT2D eigenvalue weighted by atomic mass is 32.1. The number of benzene rings is 9. The highest BCUT2D eigenvalue weighted by Crippen LogP contribution is 2.43. The Hall–Kier alpha value is -8.19. The van der Waals surface area contributed by atoms with E-state index in [1.807, 2.05) is 42.5 Å². The molecule has 0 aliphatic heterocycles. The van der Waals surface area contributed by atoms with E-state index in [4.69, 9.17) is 34.1 Å². The largest absolute Gasteiger partial charge is 0.278 e. The van der Waals surface area contributed by atoms with Gasteiger partial charge in [0, 0.05) is 47.3 Å². The van der Waals surface area contributed by atoms with Crippen LogP contribution in [0, 0.1) is 0 Å². The molecule has 0 saturated carbocycles. The topological polar surface area (TPSA) is 48.5 Å². The lowest BCUT2D eigenvalue weighted by molar-refractivity contribution is 0.893. The standard InChI is InChI=1S/C57H35N5S/c1-3-16-36(17-4-1)38-30-32-43-41-21-9-12-26-48(41)61(50(43)34-38)56-58-55(46-23-8-7-20-40(46)45-25-15-29-53-54(45)47-24-11-14-28-52(47)63-53)59-57(60-56)62-49-27-13-10-22-42(49)44-33-31-39(35-51(44)62)37-18-5-2-6-19-37/h1-35H/i1D,2D,3D,4D,5D,6D,9D,10D,12D,13D,16D,17D,18D,19D,21D,22D,26D,27D,30D,31D,32D,33D,34D,35D. The van der Waals surface area contributed by atoms with Crippen LogP contribution in [-0.4, -0.2) is 24.1 Å². The van der Waals surface area contributed by atoms with Gasteiger partial charge in [0.05, 0.1) is 55.0 Å². The summed E-state index contributed by atoms with van der Waals surface area (Å²) in [6.07, 6.45) is 0. The Kier molecular flexibility index (Phi) is 4.34. The van der Waals surface area contributed by atoms with E-state index in [1.54, 1.807) is 24.3 Å². The molecule has 0 N–H and O–H groups in total. The van der Waals surface area contributed by atoms with Crippen LogP contribution in [0.4, 0.5) is 0 Å². The maximum atomic E-state index is 10.1. The second kappa shape index (κ2) is 14.2. The zero-order valence-electron chi connectivity index (χ0n) is 56.0. The second-order valence-corrected chi connectivity index (χ2v) is 15.2. The van der Waals surface area contributed by atoms with Gasteiger partial charge in [-0.05, 0) is 69.7 Å². The van der Waals surface area contributed by atoms with Gasteiger partial charge in [0.2, 0.25) is 11.9 Å². The molecule has 0 spiro atoms. The Morgan fingerprint density at radius 3 is 1.48 bits per heavy atom. The normalized spacial score (nSPS) is 17.1. The van der Waals surface area contributed by atoms with Crippen molar-refractivity contribution in [3.63, 3.8) is 0 Å². The van der Waals surface area contributed by atoms with Crippen molar-refractivity contribution in [2.45, 2.75) is 0 Å². The number of thiophene rings is 1. The molecule has 294 valence electrons. The zero-order chi connectivity index (χ0) is 62.3. The Balaban J connectivity index is 1.28. The Morgan fingerprint density at radius 2 is 0.857 bits per heavy atom. The van der Waals surface area contributed by atoms with Gasteiger partial charge in [0.25, 0.3) is 0 Å². The zero-order valence-corrected chi connectivity index (χ0v) is 32.8. The van der Waals surface area contributed by atoms with Crippen LogP contribution in [0.2, 0.25) is 0 Å². The summed E-state index contributed by atoms with van der Waals surface area (Å²) >= 11 is 1.53. The number of aromatic nitrogens is 5. The number of fused-ring (bicyclic) bond motifs is 9. The maximum Gasteiger partial charge on any atom is 0.240 e. The first-order valence-corrected chi connectivity index (χ1v) is 20.1. The van der Waals surface area contributed by atoms with Gasteiger partial charge in [-0.2, -0.15) is 15.0 Å². The molecule has 63 heavy (non-hydrogen) atoms. The summed E-state index contributed by atoms with van der Waals surface area (Å²) in [5, 5.41) is -0.118. The molecule has 0 aliphatic rings. The van der Waals surface area contributed by atoms with E-state index in [0.29, 0.717) is 11.1 Å². The van der Waals surface area contributed by atoms with Crippen molar-refractivity contribution in [3.05, 3.63) is 212 Å². The molecule has 0 radical (unpaired) electrons. The van der Waals surface area contributed by atoms with Crippen molar-refractivity contribution in [1.82, 2.24) is 24.1 Å². The Labute approximate surface area is 400 Å². The van der Waals surface area contributed by atoms with Gasteiger partial charge in [0.1, 0.15) is 0 Å². The molecule has 9 aromatic carbocycles. The summed E-state index contributed by atoms with van der Waals surface area (Å²) in [5.74, 6) is -1.67. The van der Waals surface area contributed by atoms with E-state index in [1.165, 1.54) is 11.3 Å². The van der Waals surface area contributed by atoms with Gasteiger partial charge in [-0.1, -0.05) is 175 Å². The molecule has 5 nitrogen and oxygen atoms in total. The van der Waals surface area contributed by atoms with Gasteiger partial charge in [-0.25, -0.2) is 0 Å². The Bertz CT molecular complexity index is 5060. The number of rotatable bonds is 6. The first-order chi connectivity index (χ1) is 41.2. The lowest BCUT2D eigenvalue weighted by Gasteiger charge is -2.15. The molecule has 0 fully saturated rings.